The van der Waals surface area contributed by atoms with E-state index in [1.54, 1.807) is 0 Å². The number of anilines is 1. The Bertz CT molecular complexity index is 406. The normalized spacial score (nSPS) is 9.19. The van der Waals surface area contributed by atoms with Crippen LogP contribution in [0.4, 0.5) is 5.69 Å². The highest BCUT2D eigenvalue weighted by Crippen LogP contribution is 2.12. The first-order valence-electron chi connectivity index (χ1n) is 5.00. The number of terminal acetylenes is 2. The highest BCUT2D eigenvalue weighted by atomic mass is 16.1. The number of hydrogen-bond donors (Lipinski definition) is 1. The summed E-state index contributed by atoms with van der Waals surface area (Å²) in [6.45, 7) is 0. The largest absolute Gasteiger partial charge is 0.326 e. The zero-order valence-corrected chi connectivity index (χ0v) is 8.94. The molecule has 0 atom stereocenters. The van der Waals surface area contributed by atoms with Crippen LogP contribution in [0.1, 0.15) is 12.8 Å². The molecule has 1 aromatic rings. The maximum absolute atomic E-state index is 11.8. The van der Waals surface area contributed by atoms with Crippen LogP contribution in [0.15, 0.2) is 30.3 Å². The lowest BCUT2D eigenvalue weighted by molar-refractivity contribution is -0.119. The fraction of sp³-hybridized carbons (Fsp3) is 0.214. The Kier molecular flexibility index (Phi) is 4.70. The van der Waals surface area contributed by atoms with Gasteiger partial charge in [0.2, 0.25) is 5.91 Å². The zero-order valence-electron chi connectivity index (χ0n) is 8.94. The third-order valence-electron chi connectivity index (χ3n) is 2.14. The second kappa shape index (κ2) is 6.32. The minimum Gasteiger partial charge on any atom is -0.326 e. The third-order valence-corrected chi connectivity index (χ3v) is 2.14. The average Bonchev–Trinajstić information content (AvgIpc) is 2.30. The van der Waals surface area contributed by atoms with Crippen LogP contribution in [0.25, 0.3) is 0 Å². The molecule has 16 heavy (non-hydrogen) atoms. The van der Waals surface area contributed by atoms with Crippen LogP contribution in [0.2, 0.25) is 0 Å². The number of para-hydroxylation sites is 1. The Hall–Kier alpha value is -2.19. The highest BCUT2D eigenvalue weighted by molar-refractivity contribution is 5.92. The molecule has 0 radical (unpaired) electrons. The molecule has 0 spiro atoms. The minimum absolute atomic E-state index is 0.123. The lowest BCUT2D eigenvalue weighted by Gasteiger charge is -2.11. The molecule has 1 amide bonds. The summed E-state index contributed by atoms with van der Waals surface area (Å²) in [4.78, 5) is 11.8. The van der Waals surface area contributed by atoms with E-state index < -0.39 is 0 Å². The summed E-state index contributed by atoms with van der Waals surface area (Å²) in [6, 6.07) is 9.23. The van der Waals surface area contributed by atoms with E-state index in [9.17, 15) is 4.79 Å². The molecule has 0 bridgehead atoms. The van der Waals surface area contributed by atoms with E-state index in [1.807, 2.05) is 30.3 Å². The predicted molar refractivity (Wildman–Crippen MR) is 65.5 cm³/mol. The maximum Gasteiger partial charge on any atom is 0.229 e. The number of benzene rings is 1. The van der Waals surface area contributed by atoms with Gasteiger partial charge >= 0.3 is 0 Å². The quantitative estimate of drug-likeness (QED) is 0.761. The molecule has 0 saturated heterocycles. The number of carbonyl (C=O) groups excluding carboxylic acids is 1. The van der Waals surface area contributed by atoms with E-state index in [0.29, 0.717) is 12.8 Å². The van der Waals surface area contributed by atoms with Gasteiger partial charge in [0, 0.05) is 18.5 Å². The van der Waals surface area contributed by atoms with Crippen molar-refractivity contribution in [3.05, 3.63) is 30.3 Å². The summed E-state index contributed by atoms with van der Waals surface area (Å²) < 4.78 is 0. The summed E-state index contributed by atoms with van der Waals surface area (Å²) in [5, 5.41) is 2.78. The maximum atomic E-state index is 11.8. The van der Waals surface area contributed by atoms with Gasteiger partial charge in [0.1, 0.15) is 0 Å². The number of nitrogens with one attached hydrogen (secondary N) is 1. The standard InChI is InChI=1S/C14H13NO/c1-3-8-12(9-4-2)14(16)15-13-10-6-5-7-11-13/h1-2,5-7,10-12H,8-9H2,(H,15,16). The van der Waals surface area contributed by atoms with Crippen LogP contribution < -0.4 is 5.32 Å². The van der Waals surface area contributed by atoms with Crippen molar-refractivity contribution in [3.63, 3.8) is 0 Å². The Morgan fingerprint density at radius 1 is 1.19 bits per heavy atom. The predicted octanol–water partition coefficient (Wildman–Crippen LogP) is 2.29. The van der Waals surface area contributed by atoms with Gasteiger partial charge in [-0.1, -0.05) is 18.2 Å². The molecule has 2 nitrogen and oxygen atoms in total. The lowest BCUT2D eigenvalue weighted by atomic mass is 10.0. The molecule has 1 aromatic carbocycles. The van der Waals surface area contributed by atoms with Crippen LogP contribution in [-0.2, 0) is 4.79 Å². The molecular formula is C14H13NO. The molecule has 0 aromatic heterocycles. The summed E-state index contributed by atoms with van der Waals surface area (Å²) in [6.07, 6.45) is 11.1. The number of rotatable bonds is 4. The van der Waals surface area contributed by atoms with E-state index in [1.165, 1.54) is 0 Å². The monoisotopic (exact) mass is 211 g/mol. The van der Waals surface area contributed by atoms with Crippen LogP contribution in [0.5, 0.6) is 0 Å². The molecule has 0 aliphatic carbocycles. The summed E-state index contributed by atoms with van der Waals surface area (Å²) in [5.74, 6) is 4.49. The Morgan fingerprint density at radius 2 is 1.75 bits per heavy atom. The van der Waals surface area contributed by atoms with Gasteiger partial charge < -0.3 is 5.32 Å². The van der Waals surface area contributed by atoms with Crippen LogP contribution in [0, 0.1) is 30.6 Å². The first-order chi connectivity index (χ1) is 7.77. The van der Waals surface area contributed by atoms with Gasteiger partial charge in [-0.2, -0.15) is 0 Å². The summed E-state index contributed by atoms with van der Waals surface area (Å²) in [7, 11) is 0. The Labute approximate surface area is 96.1 Å². The van der Waals surface area contributed by atoms with E-state index in [0.717, 1.165) is 5.69 Å². The van der Waals surface area contributed by atoms with Gasteiger partial charge in [0.15, 0.2) is 0 Å². The average molecular weight is 211 g/mol. The third kappa shape index (κ3) is 3.52. The van der Waals surface area contributed by atoms with Crippen molar-refractivity contribution in [2.75, 3.05) is 5.32 Å². The molecule has 1 N–H and O–H groups in total. The number of hydrogen-bond acceptors (Lipinski definition) is 1. The van der Waals surface area contributed by atoms with Crippen LogP contribution >= 0.6 is 0 Å². The van der Waals surface area contributed by atoms with Crippen molar-refractivity contribution in [1.82, 2.24) is 0 Å². The van der Waals surface area contributed by atoms with E-state index >= 15 is 0 Å². The van der Waals surface area contributed by atoms with Crippen molar-refractivity contribution in [2.45, 2.75) is 12.8 Å². The van der Waals surface area contributed by atoms with Gasteiger partial charge in [0.05, 0.1) is 5.92 Å². The first kappa shape index (κ1) is 11.9. The van der Waals surface area contributed by atoms with Crippen LogP contribution in [0.3, 0.4) is 0 Å². The van der Waals surface area contributed by atoms with Gasteiger partial charge in [-0.15, -0.1) is 24.7 Å². The second-order valence-corrected chi connectivity index (χ2v) is 3.37. The molecule has 0 aliphatic heterocycles. The smallest absolute Gasteiger partial charge is 0.229 e. The van der Waals surface area contributed by atoms with Crippen molar-refractivity contribution >= 4 is 11.6 Å². The first-order valence-corrected chi connectivity index (χ1v) is 5.00. The lowest BCUT2D eigenvalue weighted by Crippen LogP contribution is -2.22. The highest BCUT2D eigenvalue weighted by Gasteiger charge is 2.16. The SMILES string of the molecule is C#CCC(CC#C)C(=O)Nc1ccccc1. The molecule has 0 heterocycles. The molecular weight excluding hydrogens is 198 g/mol. The summed E-state index contributed by atoms with van der Waals surface area (Å²) >= 11 is 0. The van der Waals surface area contributed by atoms with E-state index in [2.05, 4.69) is 17.2 Å². The zero-order chi connectivity index (χ0) is 11.8. The molecule has 0 unspecified atom stereocenters. The van der Waals surface area contributed by atoms with Crippen LogP contribution in [-0.4, -0.2) is 5.91 Å². The molecule has 0 aliphatic rings. The van der Waals surface area contributed by atoms with Crippen molar-refractivity contribution < 1.29 is 4.79 Å². The second-order valence-electron chi connectivity index (χ2n) is 3.37. The molecule has 80 valence electrons. The molecule has 0 saturated carbocycles. The van der Waals surface area contributed by atoms with Crippen molar-refractivity contribution in [3.8, 4) is 24.7 Å². The number of amides is 1. The minimum atomic E-state index is -0.310. The van der Waals surface area contributed by atoms with E-state index in [-0.39, 0.29) is 11.8 Å². The summed E-state index contributed by atoms with van der Waals surface area (Å²) in [5.41, 5.74) is 0.756. The number of carbonyl (C=O) groups is 1. The van der Waals surface area contributed by atoms with Crippen molar-refractivity contribution in [2.24, 2.45) is 5.92 Å². The van der Waals surface area contributed by atoms with Gasteiger partial charge in [0.25, 0.3) is 0 Å². The van der Waals surface area contributed by atoms with Gasteiger partial charge in [-0.05, 0) is 12.1 Å². The Balaban J connectivity index is 2.63. The topological polar surface area (TPSA) is 29.1 Å². The van der Waals surface area contributed by atoms with E-state index in [4.69, 9.17) is 12.8 Å². The molecule has 0 fully saturated rings. The van der Waals surface area contributed by atoms with Gasteiger partial charge in [-0.25, -0.2) is 0 Å². The molecule has 2 heteroatoms. The fourth-order valence-corrected chi connectivity index (χ4v) is 1.31. The molecule has 1 rings (SSSR count). The fourth-order valence-electron chi connectivity index (χ4n) is 1.31. The van der Waals surface area contributed by atoms with Gasteiger partial charge in [-0.3, -0.25) is 4.79 Å². The van der Waals surface area contributed by atoms with Crippen molar-refractivity contribution in [1.29, 1.82) is 0 Å². The Morgan fingerprint density at radius 3 is 2.25 bits per heavy atom.